The lowest BCUT2D eigenvalue weighted by Gasteiger charge is -2.62. The van der Waals surface area contributed by atoms with Gasteiger partial charge in [0, 0.05) is 24.4 Å². The summed E-state index contributed by atoms with van der Waals surface area (Å²) in [5.74, 6) is 1.95. The molecule has 26 heavy (non-hydrogen) atoms. The fraction of sp³-hybridized carbons (Fsp3) is 1.00. The lowest BCUT2D eigenvalue weighted by atomic mass is 9.45. The van der Waals surface area contributed by atoms with Crippen molar-refractivity contribution in [1.29, 1.82) is 0 Å². The molecule has 2 spiro atoms. The largest absolute Gasteiger partial charge is 0.393 e. The van der Waals surface area contributed by atoms with Gasteiger partial charge in [0.15, 0.2) is 5.79 Å². The molecule has 0 aromatic heterocycles. The molecule has 0 amide bonds. The predicted octanol–water partition coefficient (Wildman–Crippen LogP) is 3.37. The zero-order valence-corrected chi connectivity index (χ0v) is 16.5. The van der Waals surface area contributed by atoms with E-state index in [4.69, 9.17) is 14.2 Å². The summed E-state index contributed by atoms with van der Waals surface area (Å²) < 4.78 is 18.6. The van der Waals surface area contributed by atoms with Crippen LogP contribution in [0, 0.1) is 39.9 Å². The molecule has 0 aromatic rings. The molecule has 0 bridgehead atoms. The van der Waals surface area contributed by atoms with E-state index in [2.05, 4.69) is 13.8 Å². The third-order valence-electron chi connectivity index (χ3n) is 10.6. The first-order valence-corrected chi connectivity index (χ1v) is 10.9. The monoisotopic (exact) mass is 362 g/mol. The number of fused-ring (bicyclic) bond motifs is 5. The number of rotatable bonds is 1. The van der Waals surface area contributed by atoms with Gasteiger partial charge < -0.3 is 19.3 Å². The Labute approximate surface area is 157 Å². The highest BCUT2D eigenvalue weighted by Gasteiger charge is 2.79. The summed E-state index contributed by atoms with van der Waals surface area (Å²) in [5, 5.41) is 11.5. The molecule has 0 aromatic carbocycles. The van der Waals surface area contributed by atoms with Crippen molar-refractivity contribution in [2.75, 3.05) is 20.3 Å². The molecule has 0 radical (unpaired) electrons. The van der Waals surface area contributed by atoms with E-state index in [0.29, 0.717) is 42.5 Å². The van der Waals surface area contributed by atoms with Crippen LogP contribution in [0.4, 0.5) is 0 Å². The minimum Gasteiger partial charge on any atom is -0.393 e. The minimum absolute atomic E-state index is 0.0647. The van der Waals surface area contributed by atoms with Gasteiger partial charge in [-0.15, -0.1) is 0 Å². The fourth-order valence-electron chi connectivity index (χ4n) is 9.58. The van der Waals surface area contributed by atoms with E-state index in [0.717, 1.165) is 25.2 Å². The van der Waals surface area contributed by atoms with Gasteiger partial charge in [0.25, 0.3) is 0 Å². The van der Waals surface area contributed by atoms with E-state index < -0.39 is 5.79 Å². The summed E-state index contributed by atoms with van der Waals surface area (Å²) in [6.07, 6.45) is 8.21. The van der Waals surface area contributed by atoms with Crippen LogP contribution < -0.4 is 0 Å². The van der Waals surface area contributed by atoms with Crippen molar-refractivity contribution in [3.05, 3.63) is 0 Å². The van der Waals surface area contributed by atoms with E-state index in [1.807, 2.05) is 7.11 Å². The average Bonchev–Trinajstić information content (AvgIpc) is 2.90. The quantitative estimate of drug-likeness (QED) is 0.777. The second-order valence-electron chi connectivity index (χ2n) is 10.8. The fourth-order valence-corrected chi connectivity index (χ4v) is 9.58. The van der Waals surface area contributed by atoms with E-state index >= 15 is 0 Å². The third kappa shape index (κ3) is 1.58. The third-order valence-corrected chi connectivity index (χ3v) is 10.6. The first kappa shape index (κ1) is 16.8. The lowest BCUT2D eigenvalue weighted by molar-refractivity contribution is -0.270. The Bertz CT molecular complexity index is 630. The van der Waals surface area contributed by atoms with Gasteiger partial charge in [-0.05, 0) is 67.6 Å². The van der Waals surface area contributed by atoms with Gasteiger partial charge in [-0.2, -0.15) is 0 Å². The maximum absolute atomic E-state index is 11.5. The van der Waals surface area contributed by atoms with E-state index in [1.54, 1.807) is 0 Å². The molecule has 5 aliphatic carbocycles. The van der Waals surface area contributed by atoms with Crippen LogP contribution in [0.25, 0.3) is 0 Å². The smallest absolute Gasteiger partial charge is 0.174 e. The molecule has 6 fully saturated rings. The molecular formula is C22H34O4. The van der Waals surface area contributed by atoms with Crippen LogP contribution in [-0.2, 0) is 14.2 Å². The maximum atomic E-state index is 11.5. The molecule has 1 aliphatic heterocycles. The van der Waals surface area contributed by atoms with E-state index in [9.17, 15) is 5.11 Å². The molecule has 6 unspecified atom stereocenters. The first-order valence-electron chi connectivity index (χ1n) is 10.9. The molecule has 1 heterocycles. The van der Waals surface area contributed by atoms with Crippen LogP contribution in [0.15, 0.2) is 0 Å². The normalized spacial score (nSPS) is 61.8. The average molecular weight is 363 g/mol. The Morgan fingerprint density at radius 3 is 2.46 bits per heavy atom. The summed E-state index contributed by atoms with van der Waals surface area (Å²) in [7, 11) is 1.92. The summed E-state index contributed by atoms with van der Waals surface area (Å²) in [6.45, 7) is 6.26. The van der Waals surface area contributed by atoms with Crippen molar-refractivity contribution >= 4 is 0 Å². The first-order chi connectivity index (χ1) is 12.4. The van der Waals surface area contributed by atoms with Crippen LogP contribution in [-0.4, -0.2) is 43.4 Å². The summed E-state index contributed by atoms with van der Waals surface area (Å²) in [5.41, 5.74) is 0.536. The molecule has 1 N–H and O–H groups in total. The number of aliphatic hydroxyl groups is 1. The van der Waals surface area contributed by atoms with Crippen LogP contribution in [0.1, 0.15) is 58.8 Å². The Morgan fingerprint density at radius 2 is 1.77 bits per heavy atom. The molecule has 1 saturated heterocycles. The number of aliphatic hydroxyl groups excluding tert-OH is 1. The number of hydrogen-bond donors (Lipinski definition) is 1. The van der Waals surface area contributed by atoms with Gasteiger partial charge >= 0.3 is 0 Å². The van der Waals surface area contributed by atoms with Crippen LogP contribution in [0.5, 0.6) is 0 Å². The molecule has 5 saturated carbocycles. The standard InChI is InChI=1S/C22H34O4/c1-19-6-4-13-11-21(13,19)17(24-3)10-14-15-5-7-22(25-8-9-26-22)20(15,2)12-16(23)18(14)19/h13-18,23H,4-12H2,1-3H3/t13?,14?,15?,16?,17-,18?,19-,20+,21?/m1/s1. The molecular weight excluding hydrogens is 328 g/mol. The van der Waals surface area contributed by atoms with E-state index in [1.165, 1.54) is 25.7 Å². The summed E-state index contributed by atoms with van der Waals surface area (Å²) >= 11 is 0. The lowest BCUT2D eigenvalue weighted by Crippen LogP contribution is -2.63. The topological polar surface area (TPSA) is 47.9 Å². The van der Waals surface area contributed by atoms with Gasteiger partial charge in [0.1, 0.15) is 0 Å². The van der Waals surface area contributed by atoms with Crippen molar-refractivity contribution in [1.82, 2.24) is 0 Å². The zero-order valence-electron chi connectivity index (χ0n) is 16.5. The Morgan fingerprint density at radius 1 is 1.00 bits per heavy atom. The van der Waals surface area contributed by atoms with Gasteiger partial charge in [-0.1, -0.05) is 13.8 Å². The molecule has 6 rings (SSSR count). The van der Waals surface area contributed by atoms with Gasteiger partial charge in [0.05, 0.1) is 25.4 Å². The van der Waals surface area contributed by atoms with Gasteiger partial charge in [0.2, 0.25) is 0 Å². The van der Waals surface area contributed by atoms with Crippen molar-refractivity contribution in [2.24, 2.45) is 39.9 Å². The van der Waals surface area contributed by atoms with Crippen molar-refractivity contribution in [3.8, 4) is 0 Å². The van der Waals surface area contributed by atoms with Crippen molar-refractivity contribution in [2.45, 2.75) is 76.8 Å². The van der Waals surface area contributed by atoms with Crippen LogP contribution in [0.2, 0.25) is 0 Å². The SMILES string of the molecule is CO[C@@H]1CC2C3CCC4(OCCO4)[C@@]3(C)CC(O)C2[C@@]2(C)CCC3CC312. The Balaban J connectivity index is 1.43. The highest BCUT2D eigenvalue weighted by atomic mass is 16.7. The predicted molar refractivity (Wildman–Crippen MR) is 96.4 cm³/mol. The van der Waals surface area contributed by atoms with Gasteiger partial charge in [-0.3, -0.25) is 0 Å². The molecule has 9 atom stereocenters. The van der Waals surface area contributed by atoms with Crippen LogP contribution in [0.3, 0.4) is 0 Å². The van der Waals surface area contributed by atoms with Crippen molar-refractivity contribution < 1.29 is 19.3 Å². The van der Waals surface area contributed by atoms with E-state index in [-0.39, 0.29) is 16.9 Å². The molecule has 4 heteroatoms. The zero-order chi connectivity index (χ0) is 17.9. The highest BCUT2D eigenvalue weighted by Crippen LogP contribution is 2.82. The molecule has 6 aliphatic rings. The van der Waals surface area contributed by atoms with Crippen LogP contribution >= 0.6 is 0 Å². The number of ether oxygens (including phenoxy) is 3. The summed E-state index contributed by atoms with van der Waals surface area (Å²) in [6, 6.07) is 0. The van der Waals surface area contributed by atoms with Crippen molar-refractivity contribution in [3.63, 3.8) is 0 Å². The Hall–Kier alpha value is -0.160. The maximum Gasteiger partial charge on any atom is 0.174 e. The Kier molecular flexibility index (Phi) is 3.14. The minimum atomic E-state index is -0.444. The second-order valence-corrected chi connectivity index (χ2v) is 10.8. The number of hydrogen-bond acceptors (Lipinski definition) is 4. The summed E-state index contributed by atoms with van der Waals surface area (Å²) in [4.78, 5) is 0. The molecule has 146 valence electrons. The molecule has 4 nitrogen and oxygen atoms in total. The second kappa shape index (κ2) is 4.87. The highest BCUT2D eigenvalue weighted by molar-refractivity contribution is 5.27. The number of methoxy groups -OCH3 is 1. The van der Waals surface area contributed by atoms with Gasteiger partial charge in [-0.25, -0.2) is 0 Å².